The lowest BCUT2D eigenvalue weighted by atomic mass is 9.91. The molecule has 5 heteroatoms. The van der Waals surface area contributed by atoms with Gasteiger partial charge in [0.25, 0.3) is 0 Å². The van der Waals surface area contributed by atoms with Crippen LogP contribution in [0.15, 0.2) is 24.3 Å². The van der Waals surface area contributed by atoms with Gasteiger partial charge in [0.1, 0.15) is 7.85 Å². The minimum absolute atomic E-state index is 0.422. The maximum Gasteiger partial charge on any atom is 0.186 e. The maximum absolute atomic E-state index is 9.35. The van der Waals surface area contributed by atoms with Gasteiger partial charge in [-0.2, -0.15) is 5.26 Å². The predicted octanol–water partition coefficient (Wildman–Crippen LogP) is 2.58. The van der Waals surface area contributed by atoms with Crippen LogP contribution in [0.5, 0.6) is 0 Å². The van der Waals surface area contributed by atoms with Crippen LogP contribution in [0.4, 0.5) is 0 Å². The van der Waals surface area contributed by atoms with E-state index in [9.17, 15) is 5.26 Å². The molecule has 1 aromatic heterocycles. The molecule has 1 atom stereocenters. The Hall–Kier alpha value is -1.09. The van der Waals surface area contributed by atoms with Gasteiger partial charge in [-0.1, -0.05) is 23.7 Å². The number of rotatable bonds is 3. The molecule has 2 rings (SSSR count). The molecule has 0 radical (unpaired) electrons. The van der Waals surface area contributed by atoms with Crippen LogP contribution in [0.2, 0.25) is 19.6 Å². The molecule has 0 spiro atoms. The van der Waals surface area contributed by atoms with Crippen molar-refractivity contribution < 1.29 is 4.43 Å². The molecule has 0 aliphatic heterocycles. The van der Waals surface area contributed by atoms with E-state index in [1.807, 2.05) is 12.1 Å². The zero-order valence-corrected chi connectivity index (χ0v) is 13.0. The summed E-state index contributed by atoms with van der Waals surface area (Å²) in [6, 6.07) is 10.6. The topological polar surface area (TPSA) is 33.0 Å². The number of benzene rings is 1. The highest BCUT2D eigenvalue weighted by molar-refractivity contribution is 7.20. The third kappa shape index (κ3) is 2.66. The van der Waals surface area contributed by atoms with Crippen molar-refractivity contribution in [3.05, 3.63) is 29.1 Å². The molecular weight excluding hydrogens is 257 g/mol. The number of thiophene rings is 1. The summed E-state index contributed by atoms with van der Waals surface area (Å²) in [6.07, 6.45) is -0.422. The van der Waals surface area contributed by atoms with Crippen LogP contribution in [0.1, 0.15) is 11.0 Å². The summed E-state index contributed by atoms with van der Waals surface area (Å²) in [6.45, 7) is 6.33. The molecule has 0 aliphatic carbocycles. The fourth-order valence-electron chi connectivity index (χ4n) is 1.94. The van der Waals surface area contributed by atoms with Crippen LogP contribution < -0.4 is 5.46 Å². The van der Waals surface area contributed by atoms with Crippen molar-refractivity contribution in [2.45, 2.75) is 25.7 Å². The van der Waals surface area contributed by atoms with E-state index in [-0.39, 0.29) is 0 Å². The van der Waals surface area contributed by atoms with Gasteiger partial charge in [0.15, 0.2) is 14.4 Å². The molecule has 18 heavy (non-hydrogen) atoms. The molecule has 0 saturated carbocycles. The Balaban J connectivity index is 2.46. The second-order valence-corrected chi connectivity index (χ2v) is 10.9. The Labute approximate surface area is 114 Å². The van der Waals surface area contributed by atoms with E-state index in [0.717, 1.165) is 4.88 Å². The first-order valence-electron chi connectivity index (χ1n) is 5.98. The van der Waals surface area contributed by atoms with Crippen LogP contribution >= 0.6 is 11.3 Å². The Bertz CT molecular complexity index is 611. The van der Waals surface area contributed by atoms with Gasteiger partial charge in [-0.15, -0.1) is 11.3 Å². The van der Waals surface area contributed by atoms with Crippen LogP contribution in [-0.4, -0.2) is 16.2 Å². The van der Waals surface area contributed by atoms with E-state index in [4.69, 9.17) is 4.43 Å². The zero-order chi connectivity index (χ0) is 13.3. The van der Waals surface area contributed by atoms with E-state index in [0.29, 0.717) is 0 Å². The first kappa shape index (κ1) is 13.3. The van der Waals surface area contributed by atoms with Crippen molar-refractivity contribution in [3.63, 3.8) is 0 Å². The number of nitriles is 1. The molecule has 0 fully saturated rings. The molecule has 1 aromatic carbocycles. The average molecular weight is 273 g/mol. The lowest BCUT2D eigenvalue weighted by Gasteiger charge is -2.21. The van der Waals surface area contributed by atoms with Crippen LogP contribution in [-0.2, 0) is 4.43 Å². The van der Waals surface area contributed by atoms with E-state index < -0.39 is 14.4 Å². The summed E-state index contributed by atoms with van der Waals surface area (Å²) in [5.41, 5.74) is 1.18. The Morgan fingerprint density at radius 2 is 2.00 bits per heavy atom. The molecular formula is C13H16BNOSSi. The highest BCUT2D eigenvalue weighted by Crippen LogP contribution is 2.30. The molecule has 92 valence electrons. The monoisotopic (exact) mass is 273 g/mol. The number of nitrogens with zero attached hydrogens (tertiary/aromatic N) is 1. The summed E-state index contributed by atoms with van der Waals surface area (Å²) in [4.78, 5) is 1.06. The quantitative estimate of drug-likeness (QED) is 0.805. The normalized spacial score (nSPS) is 13.4. The molecule has 0 amide bonds. The first-order valence-corrected chi connectivity index (χ1v) is 10.2. The van der Waals surface area contributed by atoms with Crippen molar-refractivity contribution in [3.8, 4) is 6.07 Å². The zero-order valence-electron chi connectivity index (χ0n) is 11.2. The standard InChI is InChI=1S/C13H16BNOSSi/c1-18(2,3)16-10(8-15)13-12(14)9-6-4-5-7-11(9)17-13/h4-7,10H,14H2,1-3H3. The molecule has 2 aromatic rings. The van der Waals surface area contributed by atoms with Gasteiger partial charge in [0, 0.05) is 9.58 Å². The van der Waals surface area contributed by atoms with Gasteiger partial charge in [-0.25, -0.2) is 0 Å². The van der Waals surface area contributed by atoms with E-state index in [2.05, 4.69) is 45.7 Å². The van der Waals surface area contributed by atoms with Crippen molar-refractivity contribution in [1.82, 2.24) is 0 Å². The number of hydrogen-bond acceptors (Lipinski definition) is 3. The van der Waals surface area contributed by atoms with Crippen molar-refractivity contribution in [2.75, 3.05) is 0 Å². The minimum atomic E-state index is -1.71. The third-order valence-electron chi connectivity index (χ3n) is 2.71. The fourth-order valence-corrected chi connectivity index (χ4v) is 4.08. The van der Waals surface area contributed by atoms with Gasteiger partial charge in [-0.05, 0) is 31.1 Å². The van der Waals surface area contributed by atoms with Crippen LogP contribution in [0.25, 0.3) is 10.1 Å². The van der Waals surface area contributed by atoms with Crippen molar-refractivity contribution >= 4 is 43.0 Å². The molecule has 0 bridgehead atoms. The summed E-state index contributed by atoms with van der Waals surface area (Å²) in [7, 11) is 0.364. The van der Waals surface area contributed by atoms with E-state index in [1.54, 1.807) is 11.3 Å². The maximum atomic E-state index is 9.35. The number of hydrogen-bond donors (Lipinski definition) is 0. The largest absolute Gasteiger partial charge is 0.398 e. The highest BCUT2D eigenvalue weighted by Gasteiger charge is 2.25. The van der Waals surface area contributed by atoms with E-state index >= 15 is 0 Å². The summed E-state index contributed by atoms with van der Waals surface area (Å²) in [5.74, 6) is 0. The SMILES string of the molecule is Bc1c(C(C#N)O[Si](C)(C)C)sc2ccccc12. The first-order chi connectivity index (χ1) is 8.42. The van der Waals surface area contributed by atoms with E-state index in [1.165, 1.54) is 15.5 Å². The summed E-state index contributed by atoms with van der Waals surface area (Å²) >= 11 is 1.67. The second-order valence-electron chi connectivity index (χ2n) is 5.33. The number of fused-ring (bicyclic) bond motifs is 1. The minimum Gasteiger partial charge on any atom is -0.398 e. The van der Waals surface area contributed by atoms with Gasteiger partial charge >= 0.3 is 0 Å². The van der Waals surface area contributed by atoms with Crippen LogP contribution in [0, 0.1) is 11.3 Å². The van der Waals surface area contributed by atoms with Crippen LogP contribution in [0.3, 0.4) is 0 Å². The van der Waals surface area contributed by atoms with Gasteiger partial charge in [0.05, 0.1) is 6.07 Å². The average Bonchev–Trinajstić information content (AvgIpc) is 2.63. The summed E-state index contributed by atoms with van der Waals surface area (Å²) < 4.78 is 7.20. The molecule has 0 aliphatic rings. The molecule has 1 heterocycles. The van der Waals surface area contributed by atoms with Gasteiger partial charge in [-0.3, -0.25) is 0 Å². The predicted molar refractivity (Wildman–Crippen MR) is 82.8 cm³/mol. The van der Waals surface area contributed by atoms with Gasteiger partial charge < -0.3 is 4.43 Å². The Kier molecular flexibility index (Phi) is 3.62. The lowest BCUT2D eigenvalue weighted by Crippen LogP contribution is -2.28. The lowest BCUT2D eigenvalue weighted by molar-refractivity contribution is 0.260. The second kappa shape index (κ2) is 4.89. The molecule has 2 nitrogen and oxygen atoms in total. The Morgan fingerprint density at radius 3 is 2.56 bits per heavy atom. The smallest absolute Gasteiger partial charge is 0.186 e. The summed E-state index contributed by atoms with van der Waals surface area (Å²) in [5, 5.41) is 10.6. The van der Waals surface area contributed by atoms with Gasteiger partial charge in [0.2, 0.25) is 0 Å². The highest BCUT2D eigenvalue weighted by atomic mass is 32.1. The Morgan fingerprint density at radius 1 is 1.33 bits per heavy atom. The van der Waals surface area contributed by atoms with Crippen molar-refractivity contribution in [2.24, 2.45) is 0 Å². The fraction of sp³-hybridized carbons (Fsp3) is 0.308. The molecule has 0 saturated heterocycles. The van der Waals surface area contributed by atoms with Crippen molar-refractivity contribution in [1.29, 1.82) is 5.26 Å². The third-order valence-corrected chi connectivity index (χ3v) is 4.97. The molecule has 0 N–H and O–H groups in total. The molecule has 1 unspecified atom stereocenters.